The van der Waals surface area contributed by atoms with Crippen LogP contribution in [0.4, 0.5) is 0 Å². The summed E-state index contributed by atoms with van der Waals surface area (Å²) in [6.07, 6.45) is 3.36. The van der Waals surface area contributed by atoms with Crippen LogP contribution in [-0.2, 0) is 4.79 Å². The van der Waals surface area contributed by atoms with Crippen molar-refractivity contribution >= 4 is 23.4 Å². The molecule has 35 heavy (non-hydrogen) atoms. The molecule has 2 aromatic carbocycles. The molecule has 0 fully saturated rings. The van der Waals surface area contributed by atoms with E-state index >= 15 is 0 Å². The summed E-state index contributed by atoms with van der Waals surface area (Å²) >= 11 is 1.27. The molecule has 0 aliphatic carbocycles. The molecule has 0 saturated carbocycles. The summed E-state index contributed by atoms with van der Waals surface area (Å²) in [5.74, 6) is 2.00. The fraction of sp³-hybridized carbons (Fsp3) is 0.160. The lowest BCUT2D eigenvalue weighted by Gasteiger charge is -2.11. The zero-order valence-corrected chi connectivity index (χ0v) is 20.3. The molecule has 0 spiro atoms. The Hall–Kier alpha value is -4.18. The van der Waals surface area contributed by atoms with E-state index in [1.165, 1.54) is 11.8 Å². The van der Waals surface area contributed by atoms with E-state index in [2.05, 4.69) is 25.7 Å². The Kier molecular flexibility index (Phi) is 7.74. The molecule has 4 aromatic rings. The molecule has 1 amide bonds. The molecule has 0 bridgehead atoms. The molecular weight excluding hydrogens is 464 g/mol. The monoisotopic (exact) mass is 488 g/mol. The van der Waals surface area contributed by atoms with Gasteiger partial charge in [0.25, 0.3) is 5.91 Å². The maximum atomic E-state index is 12.5. The van der Waals surface area contributed by atoms with Crippen molar-refractivity contribution in [3.63, 3.8) is 0 Å². The molecule has 10 heteroatoms. The molecule has 2 aromatic heterocycles. The minimum Gasteiger partial charge on any atom is -0.497 e. The number of benzene rings is 2. The van der Waals surface area contributed by atoms with Crippen molar-refractivity contribution in [2.24, 2.45) is 5.10 Å². The Balaban J connectivity index is 1.55. The van der Waals surface area contributed by atoms with Gasteiger partial charge in [-0.1, -0.05) is 11.8 Å². The van der Waals surface area contributed by atoms with Crippen LogP contribution in [0.5, 0.6) is 11.5 Å². The van der Waals surface area contributed by atoms with E-state index in [0.717, 1.165) is 28.3 Å². The fourth-order valence-electron chi connectivity index (χ4n) is 3.22. The molecule has 178 valence electrons. The predicted octanol–water partition coefficient (Wildman–Crippen LogP) is 3.98. The topological polar surface area (TPSA) is 104 Å². The lowest BCUT2D eigenvalue weighted by Crippen LogP contribution is -2.21. The number of aromatic nitrogens is 4. The lowest BCUT2D eigenvalue weighted by molar-refractivity contribution is -0.118. The molecule has 9 nitrogen and oxygen atoms in total. The van der Waals surface area contributed by atoms with Crippen LogP contribution in [0.15, 0.2) is 83.3 Å². The van der Waals surface area contributed by atoms with Crippen LogP contribution in [0.2, 0.25) is 0 Å². The van der Waals surface area contributed by atoms with E-state index in [1.807, 2.05) is 72.2 Å². The van der Waals surface area contributed by atoms with Crippen molar-refractivity contribution in [1.29, 1.82) is 0 Å². The maximum absolute atomic E-state index is 12.5. The Labute approximate surface area is 207 Å². The SMILES string of the molecule is COc1ccc(-c2nnc(SCC(=O)N/N=C(\C)c3ccncc3)n2-c2ccc(OC)cc2)cc1. The van der Waals surface area contributed by atoms with Gasteiger partial charge < -0.3 is 9.47 Å². The Bertz CT molecular complexity index is 1310. The van der Waals surface area contributed by atoms with Gasteiger partial charge >= 0.3 is 0 Å². The number of amides is 1. The van der Waals surface area contributed by atoms with Gasteiger partial charge in [-0.2, -0.15) is 5.10 Å². The second-order valence-electron chi connectivity index (χ2n) is 7.32. The van der Waals surface area contributed by atoms with Gasteiger partial charge in [0.1, 0.15) is 11.5 Å². The van der Waals surface area contributed by atoms with Crippen LogP contribution in [0.1, 0.15) is 12.5 Å². The third-order valence-corrected chi connectivity index (χ3v) is 6.02. The minimum atomic E-state index is -0.251. The molecule has 0 unspecified atom stereocenters. The van der Waals surface area contributed by atoms with Crippen LogP contribution in [0.3, 0.4) is 0 Å². The van der Waals surface area contributed by atoms with Gasteiger partial charge in [-0.3, -0.25) is 14.3 Å². The second kappa shape index (κ2) is 11.3. The van der Waals surface area contributed by atoms with E-state index in [-0.39, 0.29) is 11.7 Å². The molecule has 0 aliphatic rings. The van der Waals surface area contributed by atoms with Crippen molar-refractivity contribution in [3.05, 3.63) is 78.6 Å². The van der Waals surface area contributed by atoms with Gasteiger partial charge in [-0.05, 0) is 67.6 Å². The Morgan fingerprint density at radius 1 is 0.943 bits per heavy atom. The standard InChI is InChI=1S/C25H24N6O3S/c1-17(18-12-14-26-15-13-18)27-28-23(32)16-35-25-30-29-24(19-4-8-21(33-2)9-5-19)31(25)20-6-10-22(34-3)11-7-20/h4-15H,16H2,1-3H3,(H,28,32)/b27-17+. The summed E-state index contributed by atoms with van der Waals surface area (Å²) < 4.78 is 12.5. The Morgan fingerprint density at radius 2 is 1.57 bits per heavy atom. The molecule has 1 N–H and O–H groups in total. The van der Waals surface area contributed by atoms with Crippen molar-refractivity contribution in [1.82, 2.24) is 25.2 Å². The predicted molar refractivity (Wildman–Crippen MR) is 135 cm³/mol. The molecule has 0 saturated heterocycles. The van der Waals surface area contributed by atoms with Crippen LogP contribution in [-0.4, -0.2) is 51.3 Å². The second-order valence-corrected chi connectivity index (χ2v) is 8.27. The minimum absolute atomic E-state index is 0.115. The number of thioether (sulfide) groups is 1. The zero-order chi connectivity index (χ0) is 24.6. The van der Waals surface area contributed by atoms with Crippen LogP contribution < -0.4 is 14.9 Å². The van der Waals surface area contributed by atoms with E-state index in [9.17, 15) is 4.79 Å². The Morgan fingerprint density at radius 3 is 2.20 bits per heavy atom. The number of ether oxygens (including phenoxy) is 2. The lowest BCUT2D eigenvalue weighted by atomic mass is 10.2. The number of carbonyl (C=O) groups excluding carboxylic acids is 1. The first-order valence-corrected chi connectivity index (χ1v) is 11.7. The summed E-state index contributed by atoms with van der Waals surface area (Å²) in [6, 6.07) is 18.8. The quantitative estimate of drug-likeness (QED) is 0.216. The van der Waals surface area contributed by atoms with Gasteiger partial charge in [-0.15, -0.1) is 10.2 Å². The highest BCUT2D eigenvalue weighted by Crippen LogP contribution is 2.29. The summed E-state index contributed by atoms with van der Waals surface area (Å²) in [5.41, 5.74) is 5.88. The van der Waals surface area contributed by atoms with Gasteiger partial charge in [0.05, 0.1) is 25.7 Å². The molecule has 0 radical (unpaired) electrons. The summed E-state index contributed by atoms with van der Waals surface area (Å²) in [5, 5.41) is 13.5. The summed E-state index contributed by atoms with van der Waals surface area (Å²) in [7, 11) is 3.24. The number of hydrazone groups is 1. The van der Waals surface area contributed by atoms with E-state index in [1.54, 1.807) is 26.6 Å². The maximum Gasteiger partial charge on any atom is 0.250 e. The highest BCUT2D eigenvalue weighted by atomic mass is 32.2. The van der Waals surface area contributed by atoms with Gasteiger partial charge in [-0.25, -0.2) is 5.43 Å². The van der Waals surface area contributed by atoms with Crippen molar-refractivity contribution < 1.29 is 14.3 Å². The van der Waals surface area contributed by atoms with Gasteiger partial charge in [0.2, 0.25) is 0 Å². The number of nitrogens with one attached hydrogen (secondary N) is 1. The first-order chi connectivity index (χ1) is 17.1. The third-order valence-electron chi connectivity index (χ3n) is 5.09. The highest BCUT2D eigenvalue weighted by Gasteiger charge is 2.17. The smallest absolute Gasteiger partial charge is 0.250 e. The van der Waals surface area contributed by atoms with Crippen molar-refractivity contribution in [2.75, 3.05) is 20.0 Å². The number of pyridine rings is 1. The van der Waals surface area contributed by atoms with E-state index in [0.29, 0.717) is 16.7 Å². The number of nitrogens with zero attached hydrogens (tertiary/aromatic N) is 5. The number of hydrogen-bond acceptors (Lipinski definition) is 8. The first kappa shape index (κ1) is 24.0. The van der Waals surface area contributed by atoms with Gasteiger partial charge in [0, 0.05) is 29.2 Å². The van der Waals surface area contributed by atoms with Crippen LogP contribution in [0, 0.1) is 0 Å². The number of carbonyl (C=O) groups is 1. The molecule has 0 aliphatic heterocycles. The number of hydrogen-bond donors (Lipinski definition) is 1. The van der Waals surface area contributed by atoms with Crippen molar-refractivity contribution in [2.45, 2.75) is 12.1 Å². The molecule has 2 heterocycles. The van der Waals surface area contributed by atoms with E-state index in [4.69, 9.17) is 9.47 Å². The van der Waals surface area contributed by atoms with E-state index < -0.39 is 0 Å². The molecule has 0 atom stereocenters. The van der Waals surface area contributed by atoms with Crippen LogP contribution in [0.25, 0.3) is 17.1 Å². The first-order valence-electron chi connectivity index (χ1n) is 10.7. The number of methoxy groups -OCH3 is 2. The van der Waals surface area contributed by atoms with Crippen molar-refractivity contribution in [3.8, 4) is 28.6 Å². The fourth-order valence-corrected chi connectivity index (χ4v) is 3.97. The summed E-state index contributed by atoms with van der Waals surface area (Å²) in [6.45, 7) is 1.82. The summed E-state index contributed by atoms with van der Waals surface area (Å²) in [4.78, 5) is 16.5. The average Bonchev–Trinajstić information content (AvgIpc) is 3.35. The molecular formula is C25H24N6O3S. The normalized spacial score (nSPS) is 11.2. The third kappa shape index (κ3) is 5.85. The zero-order valence-electron chi connectivity index (χ0n) is 19.5. The van der Waals surface area contributed by atoms with Crippen LogP contribution >= 0.6 is 11.8 Å². The largest absolute Gasteiger partial charge is 0.497 e. The molecule has 4 rings (SSSR count). The van der Waals surface area contributed by atoms with Gasteiger partial charge in [0.15, 0.2) is 11.0 Å². The highest BCUT2D eigenvalue weighted by molar-refractivity contribution is 7.99. The average molecular weight is 489 g/mol. The number of rotatable bonds is 9.